The van der Waals surface area contributed by atoms with Gasteiger partial charge < -0.3 is 0 Å². The molecule has 3 aromatic carbocycles. The molecule has 0 amide bonds. The number of fused-ring (bicyclic) bond motifs is 2. The zero-order valence-electron chi connectivity index (χ0n) is 12.2. The van der Waals surface area contributed by atoms with Gasteiger partial charge in [0.15, 0.2) is 0 Å². The van der Waals surface area contributed by atoms with Crippen LogP contribution in [0.1, 0.15) is 26.7 Å². The third-order valence-electron chi connectivity index (χ3n) is 3.83. The number of benzene rings is 3. The van der Waals surface area contributed by atoms with Gasteiger partial charge in [-0.15, -0.1) is 0 Å². The molecule has 0 radical (unpaired) electrons. The third-order valence-corrected chi connectivity index (χ3v) is 3.83. The summed E-state index contributed by atoms with van der Waals surface area (Å²) in [5.74, 6) is 0. The average molecular weight is 260 g/mol. The van der Waals surface area contributed by atoms with Crippen LogP contribution in [0.3, 0.4) is 0 Å². The first kappa shape index (κ1) is 12.9. The maximum Gasteiger partial charge on any atom is -0.0102 e. The van der Waals surface area contributed by atoms with Gasteiger partial charge in [0.1, 0.15) is 0 Å². The van der Waals surface area contributed by atoms with Gasteiger partial charge in [-0.2, -0.15) is 0 Å². The van der Waals surface area contributed by atoms with Crippen molar-refractivity contribution >= 4 is 33.7 Å². The van der Waals surface area contributed by atoms with Crippen LogP contribution in [-0.2, 0) is 0 Å². The van der Waals surface area contributed by atoms with Crippen LogP contribution in [0.2, 0.25) is 0 Å². The molecule has 100 valence electrons. The zero-order chi connectivity index (χ0) is 13.9. The molecule has 0 atom stereocenters. The Kier molecular flexibility index (Phi) is 3.56. The summed E-state index contributed by atoms with van der Waals surface area (Å²) in [6, 6.07) is 17.5. The van der Waals surface area contributed by atoms with Crippen molar-refractivity contribution in [1.82, 2.24) is 0 Å². The summed E-state index contributed by atoms with van der Waals surface area (Å²) in [6.45, 7) is 4.41. The second-order valence-electron chi connectivity index (χ2n) is 5.14. The van der Waals surface area contributed by atoms with E-state index in [1.54, 1.807) is 0 Å². The molecule has 0 aliphatic rings. The summed E-state index contributed by atoms with van der Waals surface area (Å²) >= 11 is 0. The Bertz CT molecular complexity index is 733. The van der Waals surface area contributed by atoms with Crippen LogP contribution >= 0.6 is 0 Å². The first-order valence-electron chi connectivity index (χ1n) is 7.46. The van der Waals surface area contributed by atoms with Crippen LogP contribution in [0, 0.1) is 0 Å². The van der Waals surface area contributed by atoms with E-state index in [1.807, 2.05) is 0 Å². The molecule has 0 saturated heterocycles. The normalized spacial score (nSPS) is 10.9. The molecule has 0 aliphatic heterocycles. The first-order chi connectivity index (χ1) is 9.86. The van der Waals surface area contributed by atoms with Gasteiger partial charge in [-0.25, -0.2) is 0 Å². The molecular weight excluding hydrogens is 240 g/mol. The SMILES string of the molecule is CCC=c1c2ccccc2c(=CCC)c2ccccc12. The molecule has 0 unspecified atom stereocenters. The largest absolute Gasteiger partial charge is 0.0763 e. The van der Waals surface area contributed by atoms with Crippen molar-refractivity contribution < 1.29 is 0 Å². The lowest BCUT2D eigenvalue weighted by Gasteiger charge is -2.07. The van der Waals surface area contributed by atoms with E-state index in [0.29, 0.717) is 0 Å². The van der Waals surface area contributed by atoms with Crippen molar-refractivity contribution in [2.24, 2.45) is 0 Å². The number of hydrogen-bond acceptors (Lipinski definition) is 0. The maximum absolute atomic E-state index is 2.35. The summed E-state index contributed by atoms with van der Waals surface area (Å²) in [6.07, 6.45) is 6.82. The minimum atomic E-state index is 1.06. The molecule has 0 aromatic heterocycles. The molecule has 0 heterocycles. The summed E-state index contributed by atoms with van der Waals surface area (Å²) in [4.78, 5) is 0. The van der Waals surface area contributed by atoms with Crippen molar-refractivity contribution in [3.8, 4) is 0 Å². The monoisotopic (exact) mass is 260 g/mol. The van der Waals surface area contributed by atoms with Crippen LogP contribution in [0.25, 0.3) is 33.7 Å². The van der Waals surface area contributed by atoms with Crippen LogP contribution < -0.4 is 10.4 Å². The molecule has 0 saturated carbocycles. The fourth-order valence-corrected chi connectivity index (χ4v) is 3.04. The van der Waals surface area contributed by atoms with E-state index in [2.05, 4.69) is 74.5 Å². The predicted molar refractivity (Wildman–Crippen MR) is 90.2 cm³/mol. The fourth-order valence-electron chi connectivity index (χ4n) is 3.04. The molecule has 0 fully saturated rings. The minimum absolute atomic E-state index is 1.06. The Balaban J connectivity index is 2.70. The van der Waals surface area contributed by atoms with Crippen molar-refractivity contribution in [3.05, 3.63) is 59.0 Å². The predicted octanol–water partition coefficient (Wildman–Crippen LogP) is 4.37. The van der Waals surface area contributed by atoms with E-state index in [9.17, 15) is 0 Å². The van der Waals surface area contributed by atoms with E-state index < -0.39 is 0 Å². The molecule has 0 nitrogen and oxygen atoms in total. The van der Waals surface area contributed by atoms with Crippen LogP contribution in [-0.4, -0.2) is 0 Å². The maximum atomic E-state index is 2.35. The highest BCUT2D eigenvalue weighted by Gasteiger charge is 2.03. The Morgan fingerprint density at radius 1 is 0.600 bits per heavy atom. The van der Waals surface area contributed by atoms with Crippen molar-refractivity contribution in [1.29, 1.82) is 0 Å². The number of rotatable bonds is 2. The molecule has 20 heavy (non-hydrogen) atoms. The molecule has 0 bridgehead atoms. The average Bonchev–Trinajstić information content (AvgIpc) is 2.50. The van der Waals surface area contributed by atoms with Gasteiger partial charge in [-0.1, -0.05) is 74.5 Å². The smallest absolute Gasteiger partial charge is 0.0102 e. The molecule has 0 aliphatic carbocycles. The van der Waals surface area contributed by atoms with E-state index >= 15 is 0 Å². The molecule has 0 heteroatoms. The van der Waals surface area contributed by atoms with E-state index in [1.165, 1.54) is 32.0 Å². The van der Waals surface area contributed by atoms with E-state index in [-0.39, 0.29) is 0 Å². The van der Waals surface area contributed by atoms with Crippen molar-refractivity contribution in [3.63, 3.8) is 0 Å². The molecule has 0 N–H and O–H groups in total. The van der Waals surface area contributed by atoms with Crippen LogP contribution in [0.5, 0.6) is 0 Å². The summed E-state index contributed by atoms with van der Waals surface area (Å²) < 4.78 is 0. The lowest BCUT2D eigenvalue weighted by atomic mass is 9.97. The highest BCUT2D eigenvalue weighted by Crippen LogP contribution is 2.14. The lowest BCUT2D eigenvalue weighted by molar-refractivity contribution is 1.29. The van der Waals surface area contributed by atoms with Gasteiger partial charge in [0.2, 0.25) is 0 Å². The standard InChI is InChI=1S/C20H20/c1-3-9-15-17-11-5-7-13-19(17)16(10-4-2)20-14-8-6-12-18(15)20/h5-14H,3-4H2,1-2H3. The Labute approximate surface area is 120 Å². The highest BCUT2D eigenvalue weighted by atomic mass is 14.1. The Hall–Kier alpha value is -2.08. The van der Waals surface area contributed by atoms with Crippen molar-refractivity contribution in [2.75, 3.05) is 0 Å². The van der Waals surface area contributed by atoms with Gasteiger partial charge in [-0.05, 0) is 44.8 Å². The van der Waals surface area contributed by atoms with Gasteiger partial charge in [0.05, 0.1) is 0 Å². The highest BCUT2D eigenvalue weighted by molar-refractivity contribution is 6.00. The number of hydrogen-bond donors (Lipinski definition) is 0. The molecular formula is C20H20. The van der Waals surface area contributed by atoms with Crippen LogP contribution in [0.15, 0.2) is 48.5 Å². The summed E-state index contributed by atoms with van der Waals surface area (Å²) in [7, 11) is 0. The van der Waals surface area contributed by atoms with Gasteiger partial charge in [0.25, 0.3) is 0 Å². The Morgan fingerprint density at radius 3 is 1.15 bits per heavy atom. The summed E-state index contributed by atoms with van der Waals surface area (Å²) in [5, 5.41) is 8.24. The zero-order valence-corrected chi connectivity index (χ0v) is 12.2. The quantitative estimate of drug-likeness (QED) is 0.600. The fraction of sp³-hybridized carbons (Fsp3) is 0.200. The topological polar surface area (TPSA) is 0 Å². The second kappa shape index (κ2) is 5.50. The third kappa shape index (κ3) is 2.02. The molecule has 3 aromatic rings. The second-order valence-corrected chi connectivity index (χ2v) is 5.14. The minimum Gasteiger partial charge on any atom is -0.0763 e. The van der Waals surface area contributed by atoms with Crippen LogP contribution in [0.4, 0.5) is 0 Å². The van der Waals surface area contributed by atoms with Crippen molar-refractivity contribution in [2.45, 2.75) is 26.7 Å². The molecule has 3 rings (SSSR count). The van der Waals surface area contributed by atoms with Gasteiger partial charge in [-0.3, -0.25) is 0 Å². The molecule has 0 spiro atoms. The summed E-state index contributed by atoms with van der Waals surface area (Å²) in [5.41, 5.74) is 0. The van der Waals surface area contributed by atoms with Gasteiger partial charge >= 0.3 is 0 Å². The Morgan fingerprint density at radius 2 is 0.900 bits per heavy atom. The lowest BCUT2D eigenvalue weighted by Crippen LogP contribution is -2.14. The van der Waals surface area contributed by atoms with Gasteiger partial charge in [0, 0.05) is 0 Å². The van der Waals surface area contributed by atoms with E-state index in [0.717, 1.165) is 12.8 Å². The van der Waals surface area contributed by atoms with E-state index in [4.69, 9.17) is 0 Å². The first-order valence-corrected chi connectivity index (χ1v) is 7.46.